The molecule has 0 radical (unpaired) electrons. The van der Waals surface area contributed by atoms with Gasteiger partial charge in [-0.3, -0.25) is 0 Å². The smallest absolute Gasteiger partial charge is 0.242 e. The molecule has 3 N–H and O–H groups in total. The lowest BCUT2D eigenvalue weighted by atomic mass is 10.2. The normalized spacial score (nSPS) is 11.6. The molecular formula is C14H18N2O3S2. The lowest BCUT2D eigenvalue weighted by Crippen LogP contribution is -2.24. The van der Waals surface area contributed by atoms with Gasteiger partial charge in [-0.05, 0) is 35.6 Å². The van der Waals surface area contributed by atoms with Crippen molar-refractivity contribution >= 4 is 21.4 Å². The van der Waals surface area contributed by atoms with Crippen molar-refractivity contribution < 1.29 is 13.2 Å². The molecule has 0 saturated heterocycles. The number of ether oxygens (including phenoxy) is 1. The fourth-order valence-corrected chi connectivity index (χ4v) is 4.70. The van der Waals surface area contributed by atoms with Gasteiger partial charge in [-0.25, -0.2) is 13.1 Å². The topological polar surface area (TPSA) is 81.4 Å². The van der Waals surface area contributed by atoms with Gasteiger partial charge in [0.2, 0.25) is 10.0 Å². The molecule has 0 aliphatic carbocycles. The van der Waals surface area contributed by atoms with E-state index < -0.39 is 10.0 Å². The van der Waals surface area contributed by atoms with Crippen molar-refractivity contribution in [3.63, 3.8) is 0 Å². The Balaban J connectivity index is 2.15. The Kier molecular flexibility index (Phi) is 5.00. The number of nitrogens with one attached hydrogen (secondary N) is 1. The highest BCUT2D eigenvalue weighted by Gasteiger charge is 2.21. The van der Waals surface area contributed by atoms with Crippen LogP contribution in [0.1, 0.15) is 16.0 Å². The molecule has 7 heteroatoms. The van der Waals surface area contributed by atoms with Crippen LogP contribution in [0.15, 0.2) is 34.5 Å². The van der Waals surface area contributed by atoms with E-state index in [4.69, 9.17) is 10.5 Å². The zero-order valence-electron chi connectivity index (χ0n) is 11.9. The molecule has 21 heavy (non-hydrogen) atoms. The third kappa shape index (κ3) is 3.62. The van der Waals surface area contributed by atoms with E-state index >= 15 is 0 Å². The molecule has 0 spiro atoms. The van der Waals surface area contributed by atoms with Gasteiger partial charge in [-0.2, -0.15) is 0 Å². The molecule has 0 amide bonds. The van der Waals surface area contributed by atoms with Crippen LogP contribution in [-0.2, 0) is 23.1 Å². The Morgan fingerprint density at radius 3 is 2.52 bits per heavy atom. The van der Waals surface area contributed by atoms with E-state index in [0.29, 0.717) is 9.77 Å². The summed E-state index contributed by atoms with van der Waals surface area (Å²) in [6.07, 6.45) is 0. The molecule has 1 aromatic heterocycles. The number of thiophene rings is 1. The van der Waals surface area contributed by atoms with Crippen LogP contribution in [-0.4, -0.2) is 15.5 Å². The molecule has 0 aliphatic rings. The first-order valence-corrected chi connectivity index (χ1v) is 8.74. The molecule has 0 fully saturated rings. The zero-order valence-corrected chi connectivity index (χ0v) is 13.6. The van der Waals surface area contributed by atoms with Crippen LogP contribution in [0.25, 0.3) is 0 Å². The summed E-state index contributed by atoms with van der Waals surface area (Å²) in [4.78, 5) is 0.984. The van der Waals surface area contributed by atoms with Crippen molar-refractivity contribution in [2.24, 2.45) is 5.73 Å². The van der Waals surface area contributed by atoms with Crippen molar-refractivity contribution in [2.75, 3.05) is 7.11 Å². The highest BCUT2D eigenvalue weighted by molar-refractivity contribution is 7.89. The first-order chi connectivity index (χ1) is 9.97. The minimum absolute atomic E-state index is 0.220. The summed E-state index contributed by atoms with van der Waals surface area (Å²) >= 11 is 1.37. The molecule has 5 nitrogen and oxygen atoms in total. The monoisotopic (exact) mass is 326 g/mol. The first kappa shape index (κ1) is 16.0. The lowest BCUT2D eigenvalue weighted by Gasteiger charge is -2.09. The quantitative estimate of drug-likeness (QED) is 0.851. The van der Waals surface area contributed by atoms with Crippen molar-refractivity contribution in [3.8, 4) is 5.75 Å². The summed E-state index contributed by atoms with van der Waals surface area (Å²) in [5.41, 5.74) is 7.19. The van der Waals surface area contributed by atoms with Gasteiger partial charge in [-0.15, -0.1) is 11.3 Å². The van der Waals surface area contributed by atoms with Crippen molar-refractivity contribution in [1.29, 1.82) is 0 Å². The molecule has 114 valence electrons. The largest absolute Gasteiger partial charge is 0.497 e. The number of hydrogen-bond acceptors (Lipinski definition) is 5. The van der Waals surface area contributed by atoms with Crippen LogP contribution >= 0.6 is 11.3 Å². The number of aryl methyl sites for hydroxylation is 1. The molecule has 1 heterocycles. The Labute approximate surface area is 128 Å². The molecule has 0 atom stereocenters. The molecule has 0 saturated carbocycles. The SMILES string of the molecule is COc1ccc(CNS(=O)(=O)c2c(C)csc2CN)cc1. The summed E-state index contributed by atoms with van der Waals surface area (Å²) in [7, 11) is -1.97. The molecule has 0 aliphatic heterocycles. The van der Waals surface area contributed by atoms with Crippen LogP contribution in [0.3, 0.4) is 0 Å². The summed E-state index contributed by atoms with van der Waals surface area (Å²) in [5, 5.41) is 1.81. The number of sulfonamides is 1. The van der Waals surface area contributed by atoms with Gasteiger partial charge in [0.05, 0.1) is 7.11 Å². The molecule has 2 aromatic rings. The van der Waals surface area contributed by atoms with E-state index in [1.165, 1.54) is 11.3 Å². The minimum atomic E-state index is -3.56. The molecular weight excluding hydrogens is 308 g/mol. The van der Waals surface area contributed by atoms with Gasteiger partial charge in [0.15, 0.2) is 0 Å². The van der Waals surface area contributed by atoms with E-state index in [2.05, 4.69) is 4.72 Å². The van der Waals surface area contributed by atoms with Gasteiger partial charge in [0, 0.05) is 18.0 Å². The van der Waals surface area contributed by atoms with E-state index in [0.717, 1.165) is 16.9 Å². The number of nitrogens with two attached hydrogens (primary N) is 1. The van der Waals surface area contributed by atoms with Gasteiger partial charge in [0.1, 0.15) is 10.6 Å². The van der Waals surface area contributed by atoms with Crippen LogP contribution < -0.4 is 15.2 Å². The van der Waals surface area contributed by atoms with Gasteiger partial charge in [-0.1, -0.05) is 12.1 Å². The molecule has 1 aromatic carbocycles. The number of methoxy groups -OCH3 is 1. The van der Waals surface area contributed by atoms with Crippen LogP contribution in [0.4, 0.5) is 0 Å². The fraction of sp³-hybridized carbons (Fsp3) is 0.286. The van der Waals surface area contributed by atoms with Crippen molar-refractivity contribution in [2.45, 2.75) is 24.9 Å². The van der Waals surface area contributed by atoms with Gasteiger partial charge >= 0.3 is 0 Å². The first-order valence-electron chi connectivity index (χ1n) is 6.37. The van der Waals surface area contributed by atoms with E-state index in [1.54, 1.807) is 26.2 Å². The maximum Gasteiger partial charge on any atom is 0.242 e. The second-order valence-corrected chi connectivity index (χ2v) is 7.22. The number of hydrogen-bond donors (Lipinski definition) is 2. The average molecular weight is 326 g/mol. The minimum Gasteiger partial charge on any atom is -0.497 e. The lowest BCUT2D eigenvalue weighted by molar-refractivity contribution is 0.414. The predicted molar refractivity (Wildman–Crippen MR) is 84.0 cm³/mol. The maximum absolute atomic E-state index is 12.4. The summed E-state index contributed by atoms with van der Waals surface area (Å²) < 4.78 is 32.5. The predicted octanol–water partition coefficient (Wildman–Crippen LogP) is 2.00. The second-order valence-electron chi connectivity index (χ2n) is 4.55. The third-order valence-corrected chi connectivity index (χ3v) is 5.95. The van der Waals surface area contributed by atoms with Crippen LogP contribution in [0.5, 0.6) is 5.75 Å². The molecule has 2 rings (SSSR count). The Morgan fingerprint density at radius 2 is 1.95 bits per heavy atom. The van der Waals surface area contributed by atoms with E-state index in [9.17, 15) is 8.42 Å². The van der Waals surface area contributed by atoms with Crippen LogP contribution in [0.2, 0.25) is 0 Å². The molecule has 0 bridgehead atoms. The second kappa shape index (κ2) is 6.57. The highest BCUT2D eigenvalue weighted by Crippen LogP contribution is 2.26. The third-order valence-electron chi connectivity index (χ3n) is 3.07. The maximum atomic E-state index is 12.4. The Hall–Kier alpha value is -1.41. The Morgan fingerprint density at radius 1 is 1.29 bits per heavy atom. The van der Waals surface area contributed by atoms with Gasteiger partial charge in [0.25, 0.3) is 0 Å². The highest BCUT2D eigenvalue weighted by atomic mass is 32.2. The zero-order chi connectivity index (χ0) is 15.5. The summed E-state index contributed by atoms with van der Waals surface area (Å²) in [6.45, 7) is 2.22. The van der Waals surface area contributed by atoms with Crippen molar-refractivity contribution in [3.05, 3.63) is 45.6 Å². The molecule has 0 unspecified atom stereocenters. The Bertz CT molecular complexity index is 706. The number of benzene rings is 1. The summed E-state index contributed by atoms with van der Waals surface area (Å²) in [5.74, 6) is 0.737. The fourth-order valence-electron chi connectivity index (χ4n) is 1.98. The standard InChI is InChI=1S/C14H18N2O3S2/c1-10-9-20-13(7-15)14(10)21(17,18)16-8-11-3-5-12(19-2)6-4-11/h3-6,9,16H,7-8,15H2,1-2H3. The number of rotatable bonds is 6. The van der Waals surface area contributed by atoms with Crippen molar-refractivity contribution in [1.82, 2.24) is 4.72 Å². The van der Waals surface area contributed by atoms with Gasteiger partial charge < -0.3 is 10.5 Å². The van der Waals surface area contributed by atoms with E-state index in [1.807, 2.05) is 17.5 Å². The average Bonchev–Trinajstić information content (AvgIpc) is 2.87. The van der Waals surface area contributed by atoms with E-state index in [-0.39, 0.29) is 13.1 Å². The summed E-state index contributed by atoms with van der Waals surface area (Å²) in [6, 6.07) is 7.24. The van der Waals surface area contributed by atoms with Crippen LogP contribution in [0, 0.1) is 6.92 Å².